The van der Waals surface area contributed by atoms with E-state index in [1.165, 1.54) is 26.6 Å². The maximum Gasteiger partial charge on any atom is 0.343 e. The Morgan fingerprint density at radius 3 is 2.40 bits per heavy atom. The number of benzene rings is 2. The fourth-order valence-corrected chi connectivity index (χ4v) is 2.48. The van der Waals surface area contributed by atoms with Crippen LogP contribution in [0.4, 0.5) is 0 Å². The highest BCUT2D eigenvalue weighted by atomic mass is 16.5. The minimum absolute atomic E-state index is 0.330. The van der Waals surface area contributed by atoms with E-state index in [1.54, 1.807) is 60.8 Å². The van der Waals surface area contributed by atoms with Crippen LogP contribution in [0.3, 0.4) is 0 Å². The number of methoxy groups -OCH3 is 2. The van der Waals surface area contributed by atoms with Gasteiger partial charge >= 0.3 is 5.97 Å². The molecule has 152 valence electrons. The normalized spacial score (nSPS) is 10.5. The van der Waals surface area contributed by atoms with Crippen molar-refractivity contribution >= 4 is 18.1 Å². The van der Waals surface area contributed by atoms with E-state index in [0.717, 1.165) is 0 Å². The van der Waals surface area contributed by atoms with Crippen molar-refractivity contribution in [2.24, 2.45) is 5.10 Å². The topological polar surface area (TPSA) is 99.1 Å². The summed E-state index contributed by atoms with van der Waals surface area (Å²) < 4.78 is 15.7. The first-order valence-corrected chi connectivity index (χ1v) is 8.88. The summed E-state index contributed by atoms with van der Waals surface area (Å²) in [6.45, 7) is 0. The number of hydrazone groups is 1. The van der Waals surface area contributed by atoms with E-state index < -0.39 is 5.97 Å². The molecule has 1 heterocycles. The van der Waals surface area contributed by atoms with Gasteiger partial charge in [-0.3, -0.25) is 9.78 Å². The zero-order valence-corrected chi connectivity index (χ0v) is 16.4. The maximum absolute atomic E-state index is 12.4. The fourth-order valence-electron chi connectivity index (χ4n) is 2.48. The Kier molecular flexibility index (Phi) is 6.73. The number of carbonyl (C=O) groups is 2. The van der Waals surface area contributed by atoms with Crippen LogP contribution in [0.25, 0.3) is 0 Å². The number of esters is 1. The molecule has 0 spiro atoms. The van der Waals surface area contributed by atoms with Crippen molar-refractivity contribution in [3.63, 3.8) is 0 Å². The Hall–Kier alpha value is -4.20. The molecule has 1 amide bonds. The van der Waals surface area contributed by atoms with Crippen molar-refractivity contribution in [3.05, 3.63) is 83.7 Å². The third kappa shape index (κ3) is 5.20. The number of carbonyl (C=O) groups excluding carboxylic acids is 2. The van der Waals surface area contributed by atoms with Crippen LogP contribution in [0.2, 0.25) is 0 Å². The molecule has 1 N–H and O–H groups in total. The van der Waals surface area contributed by atoms with Gasteiger partial charge in [-0.25, -0.2) is 10.2 Å². The van der Waals surface area contributed by atoms with Crippen molar-refractivity contribution in [2.75, 3.05) is 14.2 Å². The molecule has 0 aliphatic carbocycles. The van der Waals surface area contributed by atoms with Crippen LogP contribution in [-0.2, 0) is 0 Å². The first-order chi connectivity index (χ1) is 14.6. The zero-order valence-electron chi connectivity index (χ0n) is 16.4. The van der Waals surface area contributed by atoms with Crippen molar-refractivity contribution in [3.8, 4) is 17.2 Å². The average Bonchev–Trinajstić information content (AvgIpc) is 2.80. The van der Waals surface area contributed by atoms with Crippen LogP contribution in [0, 0.1) is 0 Å². The van der Waals surface area contributed by atoms with E-state index in [1.807, 2.05) is 0 Å². The minimum Gasteiger partial charge on any atom is -0.493 e. The third-order valence-corrected chi connectivity index (χ3v) is 4.01. The maximum atomic E-state index is 12.4. The Balaban J connectivity index is 1.59. The first-order valence-electron chi connectivity index (χ1n) is 8.88. The minimum atomic E-state index is -0.527. The van der Waals surface area contributed by atoms with E-state index >= 15 is 0 Å². The van der Waals surface area contributed by atoms with Crippen LogP contribution >= 0.6 is 0 Å². The predicted octanol–water partition coefficient (Wildman–Crippen LogP) is 3.08. The quantitative estimate of drug-likeness (QED) is 0.281. The lowest BCUT2D eigenvalue weighted by atomic mass is 10.2. The van der Waals surface area contributed by atoms with Gasteiger partial charge in [-0.2, -0.15) is 5.10 Å². The van der Waals surface area contributed by atoms with Crippen LogP contribution < -0.4 is 19.6 Å². The van der Waals surface area contributed by atoms with Crippen molar-refractivity contribution in [1.29, 1.82) is 0 Å². The Bertz CT molecular complexity index is 1050. The van der Waals surface area contributed by atoms with Crippen LogP contribution in [0.1, 0.15) is 26.3 Å². The molecule has 8 nitrogen and oxygen atoms in total. The molecule has 0 aliphatic rings. The largest absolute Gasteiger partial charge is 0.493 e. The summed E-state index contributed by atoms with van der Waals surface area (Å²) in [4.78, 5) is 28.1. The van der Waals surface area contributed by atoms with Gasteiger partial charge in [-0.1, -0.05) is 0 Å². The van der Waals surface area contributed by atoms with Crippen molar-refractivity contribution in [2.45, 2.75) is 0 Å². The molecule has 8 heteroatoms. The van der Waals surface area contributed by atoms with Gasteiger partial charge in [0.1, 0.15) is 5.75 Å². The van der Waals surface area contributed by atoms with Gasteiger partial charge < -0.3 is 14.2 Å². The van der Waals surface area contributed by atoms with Gasteiger partial charge in [-0.15, -0.1) is 0 Å². The molecule has 0 saturated heterocycles. The summed E-state index contributed by atoms with van der Waals surface area (Å²) in [5.41, 5.74) is 3.87. The molecule has 0 bridgehead atoms. The number of hydrogen-bond acceptors (Lipinski definition) is 7. The number of nitrogens with one attached hydrogen (secondary N) is 1. The lowest BCUT2D eigenvalue weighted by Gasteiger charge is -2.09. The molecule has 3 rings (SSSR count). The van der Waals surface area contributed by atoms with Crippen LogP contribution in [0.15, 0.2) is 72.1 Å². The second-order valence-corrected chi connectivity index (χ2v) is 5.97. The molecule has 3 aromatic rings. The first kappa shape index (κ1) is 20.5. The summed E-state index contributed by atoms with van der Waals surface area (Å²) in [5.74, 6) is 0.437. The summed E-state index contributed by atoms with van der Waals surface area (Å²) in [7, 11) is 3.01. The monoisotopic (exact) mass is 405 g/mol. The van der Waals surface area contributed by atoms with Gasteiger partial charge in [0.2, 0.25) is 0 Å². The summed E-state index contributed by atoms with van der Waals surface area (Å²) in [6.07, 6.45) is 4.51. The molecule has 1 aromatic heterocycles. The third-order valence-electron chi connectivity index (χ3n) is 4.01. The number of amides is 1. The number of nitrogens with zero attached hydrogens (tertiary/aromatic N) is 2. The van der Waals surface area contributed by atoms with Gasteiger partial charge in [0.25, 0.3) is 5.91 Å². The van der Waals surface area contributed by atoms with E-state index in [2.05, 4.69) is 15.5 Å². The fraction of sp³-hybridized carbons (Fsp3) is 0.0909. The molecular formula is C22H19N3O5. The highest BCUT2D eigenvalue weighted by Gasteiger charge is 2.13. The summed E-state index contributed by atoms with van der Waals surface area (Å²) in [5, 5.41) is 3.91. The molecular weight excluding hydrogens is 386 g/mol. The van der Waals surface area contributed by atoms with E-state index in [9.17, 15) is 9.59 Å². The smallest absolute Gasteiger partial charge is 0.343 e. The van der Waals surface area contributed by atoms with Crippen LogP contribution in [0.5, 0.6) is 17.2 Å². The van der Waals surface area contributed by atoms with Gasteiger partial charge in [0, 0.05) is 12.4 Å². The van der Waals surface area contributed by atoms with E-state index in [0.29, 0.717) is 33.9 Å². The van der Waals surface area contributed by atoms with Crippen LogP contribution in [-0.4, -0.2) is 37.3 Å². The number of rotatable bonds is 7. The molecule has 2 aromatic carbocycles. The molecule has 0 atom stereocenters. The number of hydrogen-bond donors (Lipinski definition) is 1. The second kappa shape index (κ2) is 9.83. The Morgan fingerprint density at radius 2 is 1.73 bits per heavy atom. The van der Waals surface area contributed by atoms with Gasteiger partial charge in [0.15, 0.2) is 11.5 Å². The zero-order chi connectivity index (χ0) is 21.3. The lowest BCUT2D eigenvalue weighted by molar-refractivity contribution is 0.0734. The van der Waals surface area contributed by atoms with Gasteiger partial charge in [0.05, 0.1) is 31.6 Å². The molecule has 30 heavy (non-hydrogen) atoms. The predicted molar refractivity (Wildman–Crippen MR) is 110 cm³/mol. The molecule has 0 saturated carbocycles. The van der Waals surface area contributed by atoms with Gasteiger partial charge in [-0.05, 0) is 60.2 Å². The number of ether oxygens (including phenoxy) is 3. The summed E-state index contributed by atoms with van der Waals surface area (Å²) >= 11 is 0. The average molecular weight is 405 g/mol. The molecule has 0 unspecified atom stereocenters. The second-order valence-electron chi connectivity index (χ2n) is 5.97. The number of pyridine rings is 1. The van der Waals surface area contributed by atoms with Crippen molar-refractivity contribution < 1.29 is 23.8 Å². The molecule has 0 aliphatic heterocycles. The SMILES string of the molecule is COc1ccc(C(=O)Oc2ccc(/C=N\NC(=O)c3cccnc3)cc2)cc1OC. The molecule has 0 fully saturated rings. The lowest BCUT2D eigenvalue weighted by Crippen LogP contribution is -2.17. The number of aromatic nitrogens is 1. The van der Waals surface area contributed by atoms with Crippen molar-refractivity contribution in [1.82, 2.24) is 10.4 Å². The standard InChI is InChI=1S/C22H19N3O5/c1-28-19-10-7-16(12-20(19)29-2)22(27)30-18-8-5-15(6-9-18)13-24-25-21(26)17-4-3-11-23-14-17/h3-14H,1-2H3,(H,25,26)/b24-13-. The molecule has 0 radical (unpaired) electrons. The Labute approximate surface area is 173 Å². The highest BCUT2D eigenvalue weighted by Crippen LogP contribution is 2.28. The van der Waals surface area contributed by atoms with E-state index in [4.69, 9.17) is 14.2 Å². The Morgan fingerprint density at radius 1 is 0.967 bits per heavy atom. The van der Waals surface area contributed by atoms with E-state index in [-0.39, 0.29) is 5.91 Å². The highest BCUT2D eigenvalue weighted by molar-refractivity contribution is 5.94. The summed E-state index contributed by atoms with van der Waals surface area (Å²) in [6, 6.07) is 14.7.